The molecule has 0 bridgehead atoms. The molecule has 100 valence electrons. The second-order valence-electron chi connectivity index (χ2n) is 4.19. The molecule has 1 fully saturated rings. The van der Waals surface area contributed by atoms with E-state index in [4.69, 9.17) is 4.74 Å². The molecule has 1 aliphatic rings. The van der Waals surface area contributed by atoms with Gasteiger partial charge in [0.15, 0.2) is 0 Å². The lowest BCUT2D eigenvalue weighted by Crippen LogP contribution is -2.44. The smallest absolute Gasteiger partial charge is 0.221 e. The van der Waals surface area contributed by atoms with Crippen molar-refractivity contribution in [2.45, 2.75) is 19.0 Å². The molecule has 0 aromatic heterocycles. The largest absolute Gasteiger partial charge is 0.378 e. The van der Waals surface area contributed by atoms with Crippen molar-refractivity contribution < 1.29 is 9.53 Å². The van der Waals surface area contributed by atoms with E-state index in [2.05, 4.69) is 10.6 Å². The zero-order valence-electron chi connectivity index (χ0n) is 10.2. The van der Waals surface area contributed by atoms with E-state index in [9.17, 15) is 4.79 Å². The molecule has 1 aliphatic heterocycles. The van der Waals surface area contributed by atoms with Crippen molar-refractivity contribution in [2.75, 3.05) is 19.8 Å². The van der Waals surface area contributed by atoms with Gasteiger partial charge in [0, 0.05) is 25.6 Å². The molecule has 0 saturated carbocycles. The Morgan fingerprint density at radius 1 is 1.39 bits per heavy atom. The number of benzene rings is 1. The number of hydrogen-bond donors (Lipinski definition) is 2. The highest BCUT2D eigenvalue weighted by molar-refractivity contribution is 5.85. The highest BCUT2D eigenvalue weighted by atomic mass is 35.5. The molecular formula is C13H19ClN2O2. The van der Waals surface area contributed by atoms with Crippen LogP contribution in [0.5, 0.6) is 0 Å². The van der Waals surface area contributed by atoms with Crippen LogP contribution in [-0.4, -0.2) is 31.7 Å². The lowest BCUT2D eigenvalue weighted by molar-refractivity contribution is -0.122. The van der Waals surface area contributed by atoms with Gasteiger partial charge in [-0.3, -0.25) is 4.79 Å². The molecule has 1 atom stereocenters. The lowest BCUT2D eigenvalue weighted by atomic mass is 10.2. The molecular weight excluding hydrogens is 252 g/mol. The van der Waals surface area contributed by atoms with E-state index < -0.39 is 0 Å². The van der Waals surface area contributed by atoms with Crippen molar-refractivity contribution in [1.29, 1.82) is 0 Å². The third-order valence-electron chi connectivity index (χ3n) is 2.76. The van der Waals surface area contributed by atoms with Crippen molar-refractivity contribution in [3.8, 4) is 0 Å². The van der Waals surface area contributed by atoms with Crippen LogP contribution in [0.3, 0.4) is 0 Å². The van der Waals surface area contributed by atoms with Gasteiger partial charge in [0.05, 0.1) is 13.2 Å². The fourth-order valence-corrected chi connectivity index (χ4v) is 1.84. The van der Waals surface area contributed by atoms with Gasteiger partial charge < -0.3 is 15.4 Å². The molecule has 2 rings (SSSR count). The first-order valence-corrected chi connectivity index (χ1v) is 5.96. The Balaban J connectivity index is 0.00000162. The third kappa shape index (κ3) is 5.04. The molecule has 1 heterocycles. The summed E-state index contributed by atoms with van der Waals surface area (Å²) in [6.07, 6.45) is 0.479. The molecule has 4 nitrogen and oxygen atoms in total. The average Bonchev–Trinajstić information content (AvgIpc) is 2.39. The second kappa shape index (κ2) is 8.08. The summed E-state index contributed by atoms with van der Waals surface area (Å²) in [4.78, 5) is 11.7. The Kier molecular flexibility index (Phi) is 6.72. The molecule has 0 spiro atoms. The number of ether oxygens (including phenoxy) is 1. The minimum Gasteiger partial charge on any atom is -0.378 e. The number of amides is 1. The summed E-state index contributed by atoms with van der Waals surface area (Å²) in [6.45, 7) is 2.78. The molecule has 18 heavy (non-hydrogen) atoms. The van der Waals surface area contributed by atoms with Crippen LogP contribution in [0.25, 0.3) is 0 Å². The van der Waals surface area contributed by atoms with Gasteiger partial charge in [-0.05, 0) is 5.56 Å². The van der Waals surface area contributed by atoms with Crippen LogP contribution < -0.4 is 10.6 Å². The number of morpholine rings is 1. The van der Waals surface area contributed by atoms with Crippen LogP contribution >= 0.6 is 12.4 Å². The lowest BCUT2D eigenvalue weighted by Gasteiger charge is -2.23. The van der Waals surface area contributed by atoms with Gasteiger partial charge in [0.1, 0.15) is 0 Å². The normalized spacial score (nSPS) is 18.8. The number of rotatable bonds is 4. The van der Waals surface area contributed by atoms with E-state index in [1.54, 1.807) is 0 Å². The quantitative estimate of drug-likeness (QED) is 0.862. The Morgan fingerprint density at radius 3 is 2.83 bits per heavy atom. The van der Waals surface area contributed by atoms with Crippen LogP contribution in [0, 0.1) is 0 Å². The Labute approximate surface area is 114 Å². The maximum Gasteiger partial charge on any atom is 0.221 e. The highest BCUT2D eigenvalue weighted by Crippen LogP contribution is 2.00. The highest BCUT2D eigenvalue weighted by Gasteiger charge is 2.16. The summed E-state index contributed by atoms with van der Waals surface area (Å²) in [5.41, 5.74) is 1.12. The fourth-order valence-electron chi connectivity index (χ4n) is 1.84. The summed E-state index contributed by atoms with van der Waals surface area (Å²) >= 11 is 0. The molecule has 1 amide bonds. The van der Waals surface area contributed by atoms with Crippen LogP contribution in [0.2, 0.25) is 0 Å². The Bertz CT molecular complexity index is 353. The molecule has 5 heteroatoms. The maximum atomic E-state index is 11.7. The second-order valence-corrected chi connectivity index (χ2v) is 4.19. The molecule has 0 aliphatic carbocycles. The SMILES string of the molecule is Cl.O=C(CC1COCCN1)NCc1ccccc1. The van der Waals surface area contributed by atoms with E-state index in [-0.39, 0.29) is 24.4 Å². The number of carbonyl (C=O) groups excluding carboxylic acids is 1. The van der Waals surface area contributed by atoms with Crippen molar-refractivity contribution in [1.82, 2.24) is 10.6 Å². The van der Waals surface area contributed by atoms with Gasteiger partial charge >= 0.3 is 0 Å². The maximum absolute atomic E-state index is 11.7. The van der Waals surface area contributed by atoms with E-state index in [1.807, 2.05) is 30.3 Å². The van der Waals surface area contributed by atoms with Crippen molar-refractivity contribution in [3.63, 3.8) is 0 Å². The minimum atomic E-state index is 0. The van der Waals surface area contributed by atoms with Crippen LogP contribution in [0.15, 0.2) is 30.3 Å². The summed E-state index contributed by atoms with van der Waals surface area (Å²) < 4.78 is 5.30. The van der Waals surface area contributed by atoms with Crippen molar-refractivity contribution in [3.05, 3.63) is 35.9 Å². The standard InChI is InChI=1S/C13H18N2O2.ClH/c16-13(8-12-10-17-7-6-14-12)15-9-11-4-2-1-3-5-11;/h1-5,12,14H,6-10H2,(H,15,16);1H. The van der Waals surface area contributed by atoms with E-state index >= 15 is 0 Å². The fraction of sp³-hybridized carbons (Fsp3) is 0.462. The van der Waals surface area contributed by atoms with E-state index in [1.165, 1.54) is 0 Å². The topological polar surface area (TPSA) is 50.4 Å². The number of hydrogen-bond acceptors (Lipinski definition) is 3. The molecule has 1 saturated heterocycles. The van der Waals surface area contributed by atoms with E-state index in [0.717, 1.165) is 18.7 Å². The first kappa shape index (κ1) is 15.0. The predicted octanol–water partition coefficient (Wildman–Crippen LogP) is 1.10. The molecule has 1 aromatic rings. The Hall–Kier alpha value is -1.10. The van der Waals surface area contributed by atoms with E-state index in [0.29, 0.717) is 19.6 Å². The minimum absolute atomic E-state index is 0. The molecule has 1 aromatic carbocycles. The van der Waals surface area contributed by atoms with Gasteiger partial charge in [-0.15, -0.1) is 12.4 Å². The summed E-state index contributed by atoms with van der Waals surface area (Å²) in [5, 5.41) is 6.17. The zero-order chi connectivity index (χ0) is 11.9. The van der Waals surface area contributed by atoms with Gasteiger partial charge in [-0.2, -0.15) is 0 Å². The Morgan fingerprint density at radius 2 is 2.17 bits per heavy atom. The average molecular weight is 271 g/mol. The van der Waals surface area contributed by atoms with Crippen LogP contribution in [0.1, 0.15) is 12.0 Å². The molecule has 2 N–H and O–H groups in total. The third-order valence-corrected chi connectivity index (χ3v) is 2.76. The number of halogens is 1. The number of carbonyl (C=O) groups is 1. The summed E-state index contributed by atoms with van der Waals surface area (Å²) in [5.74, 6) is 0.0665. The van der Waals surface area contributed by atoms with Gasteiger partial charge in [-0.1, -0.05) is 30.3 Å². The summed E-state index contributed by atoms with van der Waals surface area (Å²) in [7, 11) is 0. The molecule has 0 radical (unpaired) electrons. The first-order valence-electron chi connectivity index (χ1n) is 5.96. The zero-order valence-corrected chi connectivity index (χ0v) is 11.0. The van der Waals surface area contributed by atoms with Gasteiger partial charge in [-0.25, -0.2) is 0 Å². The monoisotopic (exact) mass is 270 g/mol. The predicted molar refractivity (Wildman–Crippen MR) is 72.8 cm³/mol. The van der Waals surface area contributed by atoms with Gasteiger partial charge in [0.2, 0.25) is 5.91 Å². The van der Waals surface area contributed by atoms with Crippen LogP contribution in [-0.2, 0) is 16.1 Å². The number of nitrogens with one attached hydrogen (secondary N) is 2. The first-order chi connectivity index (χ1) is 8.34. The summed E-state index contributed by atoms with van der Waals surface area (Å²) in [6, 6.07) is 10.1. The van der Waals surface area contributed by atoms with Crippen LogP contribution in [0.4, 0.5) is 0 Å². The van der Waals surface area contributed by atoms with Crippen molar-refractivity contribution in [2.24, 2.45) is 0 Å². The van der Waals surface area contributed by atoms with Crippen molar-refractivity contribution >= 4 is 18.3 Å². The molecule has 1 unspecified atom stereocenters. The van der Waals surface area contributed by atoms with Gasteiger partial charge in [0.25, 0.3) is 0 Å².